The minimum absolute atomic E-state index is 0.0305. The van der Waals surface area contributed by atoms with Gasteiger partial charge in [-0.25, -0.2) is 9.67 Å². The number of anilines is 1. The van der Waals surface area contributed by atoms with Gasteiger partial charge in [-0.05, 0) is 12.1 Å². The van der Waals surface area contributed by atoms with Crippen LogP contribution in [0.1, 0.15) is 26.5 Å². The first-order chi connectivity index (χ1) is 7.48. The third-order valence-corrected chi connectivity index (χ3v) is 2.40. The minimum atomic E-state index is 0.0305. The van der Waals surface area contributed by atoms with Gasteiger partial charge < -0.3 is 5.73 Å². The van der Waals surface area contributed by atoms with Gasteiger partial charge in [0.2, 0.25) is 0 Å². The molecule has 4 nitrogen and oxygen atoms in total. The molecule has 0 amide bonds. The van der Waals surface area contributed by atoms with Crippen molar-refractivity contribution in [2.24, 2.45) is 0 Å². The second kappa shape index (κ2) is 3.63. The van der Waals surface area contributed by atoms with Gasteiger partial charge in [-0.2, -0.15) is 5.10 Å². The van der Waals surface area contributed by atoms with Crippen LogP contribution < -0.4 is 5.73 Å². The number of nitrogens with zero attached hydrogens (tertiary/aromatic N) is 3. The summed E-state index contributed by atoms with van der Waals surface area (Å²) in [5.41, 5.74) is 7.58. The van der Waals surface area contributed by atoms with Crippen LogP contribution in [0.15, 0.2) is 30.6 Å². The molecule has 0 fully saturated rings. The highest BCUT2D eigenvalue weighted by atomic mass is 15.3. The molecule has 2 rings (SSSR count). The molecule has 0 radical (unpaired) electrons. The summed E-state index contributed by atoms with van der Waals surface area (Å²) in [5.74, 6) is 0.759. The van der Waals surface area contributed by atoms with E-state index in [1.54, 1.807) is 18.5 Å². The van der Waals surface area contributed by atoms with Gasteiger partial charge in [0.15, 0.2) is 5.82 Å². The van der Waals surface area contributed by atoms with Crippen molar-refractivity contribution in [3.8, 4) is 5.82 Å². The van der Waals surface area contributed by atoms with E-state index in [0.29, 0.717) is 5.69 Å². The lowest BCUT2D eigenvalue weighted by molar-refractivity contribution is 0.541. The van der Waals surface area contributed by atoms with Gasteiger partial charge in [0.1, 0.15) is 0 Å². The number of hydrogen-bond donors (Lipinski definition) is 1. The SMILES string of the molecule is CC(C)(C)c1ccnn1-c1cc(N)ccn1. The molecule has 2 N–H and O–H groups in total. The van der Waals surface area contributed by atoms with Gasteiger partial charge in [0.05, 0.1) is 5.69 Å². The fraction of sp³-hybridized carbons (Fsp3) is 0.333. The molecular weight excluding hydrogens is 200 g/mol. The van der Waals surface area contributed by atoms with Crippen molar-refractivity contribution < 1.29 is 0 Å². The van der Waals surface area contributed by atoms with Crippen molar-refractivity contribution in [3.63, 3.8) is 0 Å². The van der Waals surface area contributed by atoms with Crippen molar-refractivity contribution in [1.82, 2.24) is 14.8 Å². The zero-order valence-electron chi connectivity index (χ0n) is 9.81. The molecule has 84 valence electrons. The van der Waals surface area contributed by atoms with Crippen molar-refractivity contribution in [2.75, 3.05) is 5.73 Å². The zero-order chi connectivity index (χ0) is 11.8. The Kier molecular flexibility index (Phi) is 2.42. The normalized spacial score (nSPS) is 11.7. The Bertz CT molecular complexity index is 494. The minimum Gasteiger partial charge on any atom is -0.399 e. The number of pyridine rings is 1. The number of aromatic nitrogens is 3. The Labute approximate surface area is 95.1 Å². The molecule has 0 aliphatic heterocycles. The van der Waals surface area contributed by atoms with Gasteiger partial charge in [0.25, 0.3) is 0 Å². The number of rotatable bonds is 1. The van der Waals surface area contributed by atoms with E-state index in [-0.39, 0.29) is 5.41 Å². The fourth-order valence-corrected chi connectivity index (χ4v) is 1.60. The molecule has 2 aromatic heterocycles. The summed E-state index contributed by atoms with van der Waals surface area (Å²) in [7, 11) is 0. The second-order valence-corrected chi connectivity index (χ2v) is 4.83. The monoisotopic (exact) mass is 216 g/mol. The maximum absolute atomic E-state index is 5.74. The van der Waals surface area contributed by atoms with E-state index >= 15 is 0 Å². The number of nitrogens with two attached hydrogens (primary N) is 1. The van der Waals surface area contributed by atoms with E-state index in [0.717, 1.165) is 11.5 Å². The molecule has 0 saturated carbocycles. The molecule has 2 heterocycles. The molecule has 0 aliphatic carbocycles. The molecule has 0 bridgehead atoms. The molecule has 0 unspecified atom stereocenters. The second-order valence-electron chi connectivity index (χ2n) is 4.83. The van der Waals surface area contributed by atoms with Crippen molar-refractivity contribution in [1.29, 1.82) is 0 Å². The van der Waals surface area contributed by atoms with Crippen LogP contribution in [0.25, 0.3) is 5.82 Å². The first-order valence-electron chi connectivity index (χ1n) is 5.25. The molecule has 0 aromatic carbocycles. The summed E-state index contributed by atoms with van der Waals surface area (Å²) in [6.07, 6.45) is 3.48. The van der Waals surface area contributed by atoms with Gasteiger partial charge >= 0.3 is 0 Å². The van der Waals surface area contributed by atoms with Crippen LogP contribution in [0.2, 0.25) is 0 Å². The van der Waals surface area contributed by atoms with Gasteiger partial charge in [0, 0.05) is 29.6 Å². The van der Waals surface area contributed by atoms with E-state index in [9.17, 15) is 0 Å². The van der Waals surface area contributed by atoms with Crippen LogP contribution in [0.4, 0.5) is 5.69 Å². The average molecular weight is 216 g/mol. The predicted molar refractivity (Wildman–Crippen MR) is 64.5 cm³/mol. The van der Waals surface area contributed by atoms with Crippen LogP contribution in [0.5, 0.6) is 0 Å². The van der Waals surface area contributed by atoms with Crippen molar-refractivity contribution >= 4 is 5.69 Å². The molecule has 0 spiro atoms. The molecule has 2 aromatic rings. The maximum Gasteiger partial charge on any atom is 0.155 e. The number of nitrogen functional groups attached to an aromatic ring is 1. The quantitative estimate of drug-likeness (QED) is 0.794. The summed E-state index contributed by atoms with van der Waals surface area (Å²) in [4.78, 5) is 4.28. The lowest BCUT2D eigenvalue weighted by Crippen LogP contribution is -2.18. The van der Waals surface area contributed by atoms with Gasteiger partial charge in [-0.15, -0.1) is 0 Å². The Balaban J connectivity index is 2.53. The summed E-state index contributed by atoms with van der Waals surface area (Å²) < 4.78 is 1.83. The average Bonchev–Trinajstić information content (AvgIpc) is 2.65. The molecule has 4 heteroatoms. The van der Waals surface area contributed by atoms with E-state index in [1.165, 1.54) is 0 Å². The lowest BCUT2D eigenvalue weighted by Gasteiger charge is -2.19. The van der Waals surface area contributed by atoms with Gasteiger partial charge in [-0.1, -0.05) is 20.8 Å². The summed E-state index contributed by atoms with van der Waals surface area (Å²) in [6.45, 7) is 6.44. The van der Waals surface area contributed by atoms with E-state index < -0.39 is 0 Å². The lowest BCUT2D eigenvalue weighted by atomic mass is 9.92. The molecular formula is C12H16N4. The van der Waals surface area contributed by atoms with E-state index in [2.05, 4.69) is 30.9 Å². The van der Waals surface area contributed by atoms with Gasteiger partial charge in [-0.3, -0.25) is 0 Å². The highest BCUT2D eigenvalue weighted by Gasteiger charge is 2.19. The zero-order valence-corrected chi connectivity index (χ0v) is 9.81. The Morgan fingerprint density at radius 3 is 2.56 bits per heavy atom. The summed E-state index contributed by atoms with van der Waals surface area (Å²) in [6, 6.07) is 5.59. The number of hydrogen-bond acceptors (Lipinski definition) is 3. The smallest absolute Gasteiger partial charge is 0.155 e. The Hall–Kier alpha value is -1.84. The summed E-state index contributed by atoms with van der Waals surface area (Å²) >= 11 is 0. The third kappa shape index (κ3) is 1.91. The van der Waals surface area contributed by atoms with E-state index in [1.807, 2.05) is 16.8 Å². The predicted octanol–water partition coefficient (Wildman–Crippen LogP) is 2.15. The van der Waals surface area contributed by atoms with Crippen LogP contribution in [-0.4, -0.2) is 14.8 Å². The van der Waals surface area contributed by atoms with Crippen LogP contribution in [0, 0.1) is 0 Å². The first kappa shape index (κ1) is 10.7. The van der Waals surface area contributed by atoms with Crippen molar-refractivity contribution in [2.45, 2.75) is 26.2 Å². The molecule has 16 heavy (non-hydrogen) atoms. The topological polar surface area (TPSA) is 56.7 Å². The largest absolute Gasteiger partial charge is 0.399 e. The standard InChI is InChI=1S/C12H16N4/c1-12(2,3)10-5-7-15-16(10)11-8-9(13)4-6-14-11/h4-8H,1-3H3,(H2,13,14). The summed E-state index contributed by atoms with van der Waals surface area (Å²) in [5, 5.41) is 4.29. The van der Waals surface area contributed by atoms with Crippen LogP contribution >= 0.6 is 0 Å². The first-order valence-corrected chi connectivity index (χ1v) is 5.25. The Morgan fingerprint density at radius 1 is 1.19 bits per heavy atom. The maximum atomic E-state index is 5.74. The van der Waals surface area contributed by atoms with Crippen molar-refractivity contribution in [3.05, 3.63) is 36.3 Å². The molecule has 0 aliphatic rings. The fourth-order valence-electron chi connectivity index (χ4n) is 1.60. The van der Waals surface area contributed by atoms with Crippen LogP contribution in [0.3, 0.4) is 0 Å². The molecule has 0 atom stereocenters. The molecule has 0 saturated heterocycles. The highest BCUT2D eigenvalue weighted by Crippen LogP contribution is 2.23. The third-order valence-electron chi connectivity index (χ3n) is 2.40. The Morgan fingerprint density at radius 2 is 1.94 bits per heavy atom. The van der Waals surface area contributed by atoms with Crippen LogP contribution in [-0.2, 0) is 5.41 Å². The van der Waals surface area contributed by atoms with E-state index in [4.69, 9.17) is 5.73 Å². The highest BCUT2D eigenvalue weighted by molar-refractivity contribution is 5.43.